The maximum Gasteiger partial charge on any atom is 0.329 e. The second kappa shape index (κ2) is 4.03. The number of hydrogen-bond acceptors (Lipinski definition) is 3. The number of carbonyl (C=O) groups excluding carboxylic acids is 1. The standard InChI is InChI=1S/C13H10FNO3S/c14-8-2-1-7-5-10(19-9(7)6-8)11(16)15-13(3-4-13)12(17)18/h1-2,5-6H,3-4H2,(H,15,16)(H,17,18). The summed E-state index contributed by atoms with van der Waals surface area (Å²) in [6.45, 7) is 0. The number of carboxylic acid groups (broad SMARTS) is 1. The number of halogens is 1. The van der Waals surface area contributed by atoms with Crippen molar-refractivity contribution in [1.29, 1.82) is 0 Å². The lowest BCUT2D eigenvalue weighted by Crippen LogP contribution is -2.42. The zero-order valence-electron chi connectivity index (χ0n) is 9.77. The quantitative estimate of drug-likeness (QED) is 0.906. The Morgan fingerprint density at radius 3 is 2.68 bits per heavy atom. The molecule has 19 heavy (non-hydrogen) atoms. The number of carboxylic acids is 1. The van der Waals surface area contributed by atoms with E-state index in [9.17, 15) is 14.0 Å². The van der Waals surface area contributed by atoms with Crippen molar-refractivity contribution in [2.24, 2.45) is 0 Å². The Labute approximate surface area is 111 Å². The number of amides is 1. The zero-order chi connectivity index (χ0) is 13.6. The van der Waals surface area contributed by atoms with E-state index in [1.165, 1.54) is 12.1 Å². The second-order valence-corrected chi connectivity index (χ2v) is 5.72. The van der Waals surface area contributed by atoms with Gasteiger partial charge in [-0.15, -0.1) is 11.3 Å². The predicted molar refractivity (Wildman–Crippen MR) is 68.9 cm³/mol. The predicted octanol–water partition coefficient (Wildman–Crippen LogP) is 2.39. The van der Waals surface area contributed by atoms with Gasteiger partial charge in [0, 0.05) is 4.70 Å². The monoisotopic (exact) mass is 279 g/mol. The van der Waals surface area contributed by atoms with E-state index in [0.717, 1.165) is 16.7 Å². The molecule has 4 nitrogen and oxygen atoms in total. The fourth-order valence-corrected chi connectivity index (χ4v) is 2.90. The van der Waals surface area contributed by atoms with Gasteiger partial charge in [-0.05, 0) is 36.4 Å². The van der Waals surface area contributed by atoms with Crippen molar-refractivity contribution in [2.75, 3.05) is 0 Å². The van der Waals surface area contributed by atoms with Gasteiger partial charge in [-0.2, -0.15) is 0 Å². The van der Waals surface area contributed by atoms with Crippen LogP contribution in [0, 0.1) is 5.82 Å². The second-order valence-electron chi connectivity index (χ2n) is 4.63. The summed E-state index contributed by atoms with van der Waals surface area (Å²) in [6, 6.07) is 5.94. The Kier molecular flexibility index (Phi) is 2.56. The molecule has 0 saturated heterocycles. The average Bonchev–Trinajstić information content (AvgIpc) is 3.01. The van der Waals surface area contributed by atoms with Gasteiger partial charge in [0.2, 0.25) is 0 Å². The Hall–Kier alpha value is -1.95. The molecular formula is C13H10FNO3S. The summed E-state index contributed by atoms with van der Waals surface area (Å²) in [5.41, 5.74) is -1.10. The van der Waals surface area contributed by atoms with Gasteiger partial charge in [0.1, 0.15) is 11.4 Å². The van der Waals surface area contributed by atoms with Crippen LogP contribution in [0.5, 0.6) is 0 Å². The van der Waals surface area contributed by atoms with E-state index >= 15 is 0 Å². The van der Waals surface area contributed by atoms with Gasteiger partial charge < -0.3 is 10.4 Å². The van der Waals surface area contributed by atoms with E-state index in [2.05, 4.69) is 5.32 Å². The molecule has 1 amide bonds. The molecule has 1 saturated carbocycles. The highest BCUT2D eigenvalue weighted by Crippen LogP contribution is 2.36. The third-order valence-electron chi connectivity index (χ3n) is 3.22. The van der Waals surface area contributed by atoms with Gasteiger partial charge in [0.25, 0.3) is 5.91 Å². The molecule has 0 unspecified atom stereocenters. The van der Waals surface area contributed by atoms with Crippen LogP contribution in [-0.4, -0.2) is 22.5 Å². The maximum absolute atomic E-state index is 13.1. The van der Waals surface area contributed by atoms with Crippen molar-refractivity contribution in [3.63, 3.8) is 0 Å². The van der Waals surface area contributed by atoms with E-state index in [4.69, 9.17) is 5.11 Å². The minimum atomic E-state index is -1.10. The molecule has 1 aromatic carbocycles. The molecule has 0 spiro atoms. The summed E-state index contributed by atoms with van der Waals surface area (Å²) < 4.78 is 13.7. The number of rotatable bonds is 3. The van der Waals surface area contributed by atoms with Gasteiger partial charge in [0.05, 0.1) is 4.88 Å². The molecule has 1 aliphatic carbocycles. The number of thiophene rings is 1. The van der Waals surface area contributed by atoms with Crippen molar-refractivity contribution in [2.45, 2.75) is 18.4 Å². The highest BCUT2D eigenvalue weighted by molar-refractivity contribution is 7.20. The third-order valence-corrected chi connectivity index (χ3v) is 4.31. The molecule has 98 valence electrons. The van der Waals surface area contributed by atoms with Crippen molar-refractivity contribution in [3.8, 4) is 0 Å². The molecule has 0 bridgehead atoms. The van der Waals surface area contributed by atoms with Crippen LogP contribution in [0.1, 0.15) is 22.5 Å². The molecular weight excluding hydrogens is 269 g/mol. The fraction of sp³-hybridized carbons (Fsp3) is 0.231. The summed E-state index contributed by atoms with van der Waals surface area (Å²) in [4.78, 5) is 23.4. The number of benzene rings is 1. The molecule has 0 radical (unpaired) electrons. The lowest BCUT2D eigenvalue weighted by Gasteiger charge is -2.10. The smallest absolute Gasteiger partial charge is 0.329 e. The first-order valence-electron chi connectivity index (χ1n) is 5.75. The highest BCUT2D eigenvalue weighted by atomic mass is 32.1. The number of nitrogens with one attached hydrogen (secondary N) is 1. The molecule has 6 heteroatoms. The third kappa shape index (κ3) is 2.08. The molecule has 1 aliphatic rings. The summed E-state index contributed by atoms with van der Waals surface area (Å²) >= 11 is 1.15. The summed E-state index contributed by atoms with van der Waals surface area (Å²) in [5, 5.41) is 12.3. The van der Waals surface area contributed by atoms with Gasteiger partial charge >= 0.3 is 5.97 Å². The van der Waals surface area contributed by atoms with E-state index in [0.29, 0.717) is 22.4 Å². The molecule has 2 aromatic rings. The van der Waals surface area contributed by atoms with Crippen LogP contribution >= 0.6 is 11.3 Å². The lowest BCUT2D eigenvalue weighted by molar-refractivity contribution is -0.140. The lowest BCUT2D eigenvalue weighted by atomic mass is 10.2. The Morgan fingerprint density at radius 2 is 2.05 bits per heavy atom. The topological polar surface area (TPSA) is 66.4 Å². The Balaban J connectivity index is 1.88. The van der Waals surface area contributed by atoms with Crippen LogP contribution < -0.4 is 5.32 Å². The molecule has 1 fully saturated rings. The largest absolute Gasteiger partial charge is 0.480 e. The molecule has 0 aliphatic heterocycles. The van der Waals surface area contributed by atoms with E-state index in [-0.39, 0.29) is 5.82 Å². The first kappa shape index (κ1) is 12.1. The number of aliphatic carboxylic acids is 1. The number of fused-ring (bicyclic) bond motifs is 1. The minimum absolute atomic E-state index is 0.356. The first-order chi connectivity index (χ1) is 9.00. The average molecular weight is 279 g/mol. The van der Waals surface area contributed by atoms with Crippen LogP contribution in [0.25, 0.3) is 10.1 Å². The van der Waals surface area contributed by atoms with Crippen molar-refractivity contribution < 1.29 is 19.1 Å². The Bertz CT molecular complexity index is 690. The van der Waals surface area contributed by atoms with Gasteiger partial charge in [0.15, 0.2) is 0 Å². The van der Waals surface area contributed by atoms with Crippen LogP contribution in [0.2, 0.25) is 0 Å². The fourth-order valence-electron chi connectivity index (χ4n) is 1.91. The van der Waals surface area contributed by atoms with Crippen molar-refractivity contribution >= 4 is 33.3 Å². The van der Waals surface area contributed by atoms with Crippen LogP contribution in [0.3, 0.4) is 0 Å². The minimum Gasteiger partial charge on any atom is -0.480 e. The van der Waals surface area contributed by atoms with E-state index in [1.54, 1.807) is 12.1 Å². The first-order valence-corrected chi connectivity index (χ1v) is 6.57. The van der Waals surface area contributed by atoms with Crippen LogP contribution in [-0.2, 0) is 4.79 Å². The van der Waals surface area contributed by atoms with E-state index < -0.39 is 17.4 Å². The normalized spacial score (nSPS) is 16.3. The highest BCUT2D eigenvalue weighted by Gasteiger charge is 2.51. The van der Waals surface area contributed by atoms with Crippen LogP contribution in [0.15, 0.2) is 24.3 Å². The molecule has 1 heterocycles. The molecule has 3 rings (SSSR count). The van der Waals surface area contributed by atoms with Crippen molar-refractivity contribution in [1.82, 2.24) is 5.32 Å². The van der Waals surface area contributed by atoms with Gasteiger partial charge in [-0.25, -0.2) is 9.18 Å². The summed E-state index contributed by atoms with van der Waals surface area (Å²) in [7, 11) is 0. The maximum atomic E-state index is 13.1. The number of carbonyl (C=O) groups is 2. The van der Waals surface area contributed by atoms with Crippen molar-refractivity contribution in [3.05, 3.63) is 35.0 Å². The molecule has 1 aromatic heterocycles. The van der Waals surface area contributed by atoms with Gasteiger partial charge in [-0.3, -0.25) is 4.79 Å². The molecule has 2 N–H and O–H groups in total. The van der Waals surface area contributed by atoms with Gasteiger partial charge in [-0.1, -0.05) is 6.07 Å². The summed E-state index contributed by atoms with van der Waals surface area (Å²) in [5.74, 6) is -1.78. The Morgan fingerprint density at radius 1 is 1.32 bits per heavy atom. The SMILES string of the molecule is O=C(NC1(C(=O)O)CC1)c1cc2ccc(F)cc2s1. The zero-order valence-corrected chi connectivity index (χ0v) is 10.6. The van der Waals surface area contributed by atoms with E-state index in [1.807, 2.05) is 0 Å². The summed E-state index contributed by atoms with van der Waals surface area (Å²) in [6.07, 6.45) is 0.904. The van der Waals surface area contributed by atoms with Crippen LogP contribution in [0.4, 0.5) is 4.39 Å². The molecule has 0 atom stereocenters. The number of hydrogen-bond donors (Lipinski definition) is 2.